The average Bonchev–Trinajstić information content (AvgIpc) is 2.50. The van der Waals surface area contributed by atoms with Crippen molar-refractivity contribution in [1.82, 2.24) is 10.2 Å². The Balaban J connectivity index is 1.39. The van der Waals surface area contributed by atoms with Crippen molar-refractivity contribution in [3.8, 4) is 0 Å². The predicted octanol–water partition coefficient (Wildman–Crippen LogP) is 4.23. The van der Waals surface area contributed by atoms with E-state index in [-0.39, 0.29) is 12.1 Å². The first kappa shape index (κ1) is 18.2. The predicted molar refractivity (Wildman–Crippen MR) is 101 cm³/mol. The van der Waals surface area contributed by atoms with E-state index in [0.29, 0.717) is 12.0 Å². The van der Waals surface area contributed by atoms with Gasteiger partial charge in [-0.1, -0.05) is 29.8 Å². The summed E-state index contributed by atoms with van der Waals surface area (Å²) in [4.78, 5) is 14.3. The number of rotatable bonds is 3. The first-order valence-electron chi connectivity index (χ1n) is 9.60. The highest BCUT2D eigenvalue weighted by Gasteiger charge is 2.36. The van der Waals surface area contributed by atoms with Crippen molar-refractivity contribution in [3.05, 3.63) is 35.4 Å². The van der Waals surface area contributed by atoms with Gasteiger partial charge >= 0.3 is 6.09 Å². The third kappa shape index (κ3) is 4.97. The fourth-order valence-corrected chi connectivity index (χ4v) is 3.99. The van der Waals surface area contributed by atoms with Crippen molar-refractivity contribution in [2.45, 2.75) is 77.0 Å². The summed E-state index contributed by atoms with van der Waals surface area (Å²) in [7, 11) is 0. The van der Waals surface area contributed by atoms with E-state index in [9.17, 15) is 4.79 Å². The maximum Gasteiger partial charge on any atom is 0.407 e. The number of alkyl carbamates (subject to hydrolysis) is 1. The lowest BCUT2D eigenvalue weighted by molar-refractivity contribution is 0.0256. The number of nitrogens with one attached hydrogen (secondary N) is 1. The number of benzene rings is 1. The van der Waals surface area contributed by atoms with Crippen LogP contribution in [0.15, 0.2) is 24.3 Å². The summed E-state index contributed by atoms with van der Waals surface area (Å²) in [6.07, 6.45) is 4.78. The van der Waals surface area contributed by atoms with Crippen molar-refractivity contribution in [2.24, 2.45) is 0 Å². The van der Waals surface area contributed by atoms with Crippen molar-refractivity contribution >= 4 is 6.09 Å². The van der Waals surface area contributed by atoms with Gasteiger partial charge in [-0.25, -0.2) is 4.79 Å². The average molecular weight is 344 g/mol. The van der Waals surface area contributed by atoms with Crippen LogP contribution < -0.4 is 5.32 Å². The number of hydrogen-bond acceptors (Lipinski definition) is 3. The van der Waals surface area contributed by atoms with E-state index >= 15 is 0 Å². The van der Waals surface area contributed by atoms with Crippen molar-refractivity contribution in [3.63, 3.8) is 0 Å². The van der Waals surface area contributed by atoms with Gasteiger partial charge in [0.15, 0.2) is 0 Å². The van der Waals surface area contributed by atoms with Crippen LogP contribution in [0.25, 0.3) is 0 Å². The second-order valence-corrected chi connectivity index (χ2v) is 8.71. The van der Waals surface area contributed by atoms with Gasteiger partial charge in [-0.2, -0.15) is 0 Å². The van der Waals surface area contributed by atoms with Crippen molar-refractivity contribution < 1.29 is 9.53 Å². The molecule has 2 fully saturated rings. The van der Waals surface area contributed by atoms with Crippen LogP contribution in [0.2, 0.25) is 0 Å². The normalized spacial score (nSPS) is 25.3. The van der Waals surface area contributed by atoms with Crippen molar-refractivity contribution in [1.29, 1.82) is 0 Å². The molecule has 0 spiro atoms. The first-order chi connectivity index (χ1) is 11.8. The fraction of sp³-hybridized carbons (Fsp3) is 0.667. The molecule has 3 rings (SSSR count). The van der Waals surface area contributed by atoms with Crippen LogP contribution in [-0.4, -0.2) is 41.8 Å². The van der Waals surface area contributed by atoms with Gasteiger partial charge in [-0.15, -0.1) is 0 Å². The number of carbonyl (C=O) groups is 1. The molecule has 4 nitrogen and oxygen atoms in total. The minimum atomic E-state index is -0.429. The highest BCUT2D eigenvalue weighted by Crippen LogP contribution is 2.36. The van der Waals surface area contributed by atoms with Gasteiger partial charge in [0, 0.05) is 19.1 Å². The van der Waals surface area contributed by atoms with Gasteiger partial charge in [0.2, 0.25) is 0 Å². The van der Waals surface area contributed by atoms with E-state index < -0.39 is 5.60 Å². The van der Waals surface area contributed by atoms with Crippen LogP contribution in [-0.2, 0) is 4.74 Å². The highest BCUT2D eigenvalue weighted by atomic mass is 16.6. The summed E-state index contributed by atoms with van der Waals surface area (Å²) in [5.41, 5.74) is 2.40. The number of likely N-dealkylation sites (tertiary alicyclic amines) is 1. The zero-order valence-electron chi connectivity index (χ0n) is 16.0. The Kier molecular flexibility index (Phi) is 5.38. The topological polar surface area (TPSA) is 41.6 Å². The molecule has 0 unspecified atom stereocenters. The monoisotopic (exact) mass is 344 g/mol. The summed E-state index contributed by atoms with van der Waals surface area (Å²) in [6, 6.07) is 9.96. The smallest absolute Gasteiger partial charge is 0.407 e. The summed E-state index contributed by atoms with van der Waals surface area (Å²) < 4.78 is 5.33. The van der Waals surface area contributed by atoms with E-state index in [1.807, 2.05) is 20.8 Å². The molecule has 0 bridgehead atoms. The third-order valence-corrected chi connectivity index (χ3v) is 5.39. The standard InChI is InChI=1S/C21H32N2O2/c1-15-5-7-16(8-6-15)17-9-11-19(12-10-17)23-13-18(14-23)22-20(24)25-21(2,3)4/h5-8,17-19H,9-14H2,1-4H3,(H,22,24). The first-order valence-corrected chi connectivity index (χ1v) is 9.60. The van der Waals surface area contributed by atoms with Gasteiger partial charge in [0.1, 0.15) is 5.60 Å². The molecule has 1 heterocycles. The number of aryl methyl sites for hydroxylation is 1. The Morgan fingerprint density at radius 3 is 2.24 bits per heavy atom. The number of nitrogens with zero attached hydrogens (tertiary/aromatic N) is 1. The lowest BCUT2D eigenvalue weighted by Crippen LogP contribution is -2.62. The van der Waals surface area contributed by atoms with Gasteiger partial charge in [0.05, 0.1) is 6.04 Å². The molecule has 2 aliphatic rings. The Morgan fingerprint density at radius 2 is 1.68 bits per heavy atom. The Morgan fingerprint density at radius 1 is 1.08 bits per heavy atom. The van der Waals surface area contributed by atoms with E-state index in [1.54, 1.807) is 0 Å². The Hall–Kier alpha value is -1.55. The molecular formula is C21H32N2O2. The van der Waals surface area contributed by atoms with Crippen LogP contribution in [0.3, 0.4) is 0 Å². The quantitative estimate of drug-likeness (QED) is 0.892. The molecule has 4 heteroatoms. The minimum absolute atomic E-state index is 0.240. The molecule has 1 aromatic carbocycles. The van der Waals surface area contributed by atoms with Gasteiger partial charge < -0.3 is 10.1 Å². The zero-order valence-corrected chi connectivity index (χ0v) is 16.0. The van der Waals surface area contributed by atoms with Crippen LogP contribution in [0, 0.1) is 6.92 Å². The largest absolute Gasteiger partial charge is 0.444 e. The summed E-state index contributed by atoms with van der Waals surface area (Å²) in [5, 5.41) is 2.98. The number of hydrogen-bond donors (Lipinski definition) is 1. The molecule has 1 aliphatic carbocycles. The maximum atomic E-state index is 11.8. The molecule has 0 aromatic heterocycles. The van der Waals surface area contributed by atoms with Gasteiger partial charge in [0.25, 0.3) is 0 Å². The molecule has 138 valence electrons. The number of carbonyl (C=O) groups excluding carboxylic acids is 1. The van der Waals surface area contributed by atoms with E-state index in [2.05, 4.69) is 41.4 Å². The molecule has 1 aromatic rings. The lowest BCUT2D eigenvalue weighted by Gasteiger charge is -2.46. The molecule has 0 radical (unpaired) electrons. The summed E-state index contributed by atoms with van der Waals surface area (Å²) in [6.45, 7) is 9.74. The molecular weight excluding hydrogens is 312 g/mol. The lowest BCUT2D eigenvalue weighted by atomic mass is 9.80. The molecule has 1 saturated heterocycles. The number of ether oxygens (including phenoxy) is 1. The molecule has 1 amide bonds. The van der Waals surface area contributed by atoms with Gasteiger partial charge in [-0.3, -0.25) is 4.90 Å². The molecule has 1 saturated carbocycles. The van der Waals surface area contributed by atoms with Crippen molar-refractivity contribution in [2.75, 3.05) is 13.1 Å². The second-order valence-electron chi connectivity index (χ2n) is 8.71. The summed E-state index contributed by atoms with van der Waals surface area (Å²) in [5.74, 6) is 0.716. The van der Waals surface area contributed by atoms with Crippen LogP contribution in [0.1, 0.15) is 63.5 Å². The highest BCUT2D eigenvalue weighted by molar-refractivity contribution is 5.68. The third-order valence-electron chi connectivity index (χ3n) is 5.39. The van der Waals surface area contributed by atoms with Crippen LogP contribution in [0.5, 0.6) is 0 Å². The molecule has 0 atom stereocenters. The van der Waals surface area contributed by atoms with Gasteiger partial charge in [-0.05, 0) is 64.9 Å². The van der Waals surface area contributed by atoms with Crippen LogP contribution >= 0.6 is 0 Å². The Bertz CT molecular complexity index is 577. The Labute approximate surface area is 151 Å². The zero-order chi connectivity index (χ0) is 18.0. The van der Waals surface area contributed by atoms with E-state index in [4.69, 9.17) is 4.74 Å². The molecule has 25 heavy (non-hydrogen) atoms. The second kappa shape index (κ2) is 7.36. The van der Waals surface area contributed by atoms with E-state index in [0.717, 1.165) is 13.1 Å². The fourth-order valence-electron chi connectivity index (χ4n) is 3.99. The molecule has 1 N–H and O–H groups in total. The minimum Gasteiger partial charge on any atom is -0.444 e. The summed E-state index contributed by atoms with van der Waals surface area (Å²) >= 11 is 0. The number of amides is 1. The molecule has 1 aliphatic heterocycles. The SMILES string of the molecule is Cc1ccc(C2CCC(N3CC(NC(=O)OC(C)(C)C)C3)CC2)cc1. The maximum absolute atomic E-state index is 11.8. The van der Waals surface area contributed by atoms with Crippen LogP contribution in [0.4, 0.5) is 4.79 Å². The van der Waals surface area contributed by atoms with E-state index in [1.165, 1.54) is 36.8 Å².